The van der Waals surface area contributed by atoms with Gasteiger partial charge in [-0.25, -0.2) is 8.42 Å². The average Bonchev–Trinajstić information content (AvgIpc) is 3.12. The van der Waals surface area contributed by atoms with E-state index in [9.17, 15) is 13.2 Å². The molecule has 2 heterocycles. The molecule has 0 saturated carbocycles. The van der Waals surface area contributed by atoms with Crippen molar-refractivity contribution in [1.29, 1.82) is 0 Å². The van der Waals surface area contributed by atoms with Crippen LogP contribution in [0.1, 0.15) is 32.1 Å². The fourth-order valence-electron chi connectivity index (χ4n) is 3.28. The molecule has 2 saturated heterocycles. The van der Waals surface area contributed by atoms with Gasteiger partial charge in [0.05, 0.1) is 11.0 Å². The van der Waals surface area contributed by atoms with Crippen molar-refractivity contribution in [3.8, 4) is 0 Å². The summed E-state index contributed by atoms with van der Waals surface area (Å²) in [4.78, 5) is 12.5. The van der Waals surface area contributed by atoms with E-state index in [2.05, 4.69) is 5.32 Å². The molecule has 3 N–H and O–H groups in total. The number of carbonyl (C=O) groups excluding carboxylic acids is 1. The summed E-state index contributed by atoms with van der Waals surface area (Å²) in [6.45, 7) is 1.50. The molecule has 0 unspecified atom stereocenters. The number of hydrogen-bond donors (Lipinski definition) is 2. The maximum Gasteiger partial charge on any atom is 0.253 e. The van der Waals surface area contributed by atoms with Crippen molar-refractivity contribution in [3.05, 3.63) is 24.3 Å². The Balaban J connectivity index is 0.00000243. The molecule has 2 aliphatic rings. The summed E-state index contributed by atoms with van der Waals surface area (Å²) in [5.41, 5.74) is 6.02. The molecule has 26 heavy (non-hydrogen) atoms. The third-order valence-corrected chi connectivity index (χ3v) is 6.61. The minimum Gasteiger partial charge on any atom is -0.364 e. The number of nitrogens with two attached hydrogens (primary N) is 1. The lowest BCUT2D eigenvalue weighted by Crippen LogP contribution is -2.35. The van der Waals surface area contributed by atoms with E-state index in [4.69, 9.17) is 10.5 Å². The zero-order chi connectivity index (χ0) is 17.9. The highest BCUT2D eigenvalue weighted by Gasteiger charge is 2.30. The lowest BCUT2D eigenvalue weighted by molar-refractivity contribution is -0.126. The molecule has 0 aliphatic carbocycles. The standard InChI is InChI=1S/C17H25N3O4S.ClH/c18-12-14-7-8-16(24-14)17(21)19-13-5-4-6-15(11-13)25(22,23)20-9-2-1-3-10-20;/h4-6,11,14,16H,1-3,7-10,12,18H2,(H,19,21);1H/t14-,16+;/m1./s1. The van der Waals surface area contributed by atoms with Crippen molar-refractivity contribution in [1.82, 2.24) is 4.31 Å². The molecule has 1 amide bonds. The third-order valence-electron chi connectivity index (χ3n) is 4.72. The molecule has 2 aliphatic heterocycles. The van der Waals surface area contributed by atoms with Crippen LogP contribution in [0.2, 0.25) is 0 Å². The molecule has 0 bridgehead atoms. The van der Waals surface area contributed by atoms with Gasteiger partial charge in [-0.1, -0.05) is 12.5 Å². The van der Waals surface area contributed by atoms with Crippen LogP contribution in [0.5, 0.6) is 0 Å². The largest absolute Gasteiger partial charge is 0.364 e. The highest BCUT2D eigenvalue weighted by molar-refractivity contribution is 7.89. The summed E-state index contributed by atoms with van der Waals surface area (Å²) in [5.74, 6) is -0.261. The quantitative estimate of drug-likeness (QED) is 0.779. The number of halogens is 1. The van der Waals surface area contributed by atoms with E-state index in [0.29, 0.717) is 31.7 Å². The number of amides is 1. The predicted octanol–water partition coefficient (Wildman–Crippen LogP) is 1.73. The van der Waals surface area contributed by atoms with E-state index in [1.54, 1.807) is 18.2 Å². The molecular formula is C17H26ClN3O4S. The molecule has 3 rings (SSSR count). The Morgan fingerprint density at radius 3 is 2.62 bits per heavy atom. The van der Waals surface area contributed by atoms with Crippen LogP contribution in [0.3, 0.4) is 0 Å². The van der Waals surface area contributed by atoms with Crippen molar-refractivity contribution in [2.45, 2.75) is 49.2 Å². The molecule has 9 heteroatoms. The topological polar surface area (TPSA) is 102 Å². The van der Waals surface area contributed by atoms with Crippen LogP contribution in [0, 0.1) is 0 Å². The Hall–Kier alpha value is -1.19. The Morgan fingerprint density at radius 2 is 1.96 bits per heavy atom. The minimum atomic E-state index is -3.52. The Kier molecular flexibility index (Phi) is 7.42. The first-order valence-electron chi connectivity index (χ1n) is 8.77. The average molecular weight is 404 g/mol. The Bertz CT molecular complexity index is 722. The lowest BCUT2D eigenvalue weighted by atomic mass is 10.2. The zero-order valence-corrected chi connectivity index (χ0v) is 16.2. The summed E-state index contributed by atoms with van der Waals surface area (Å²) in [6, 6.07) is 6.40. The van der Waals surface area contributed by atoms with E-state index in [1.165, 1.54) is 10.4 Å². The van der Waals surface area contributed by atoms with Crippen molar-refractivity contribution in [3.63, 3.8) is 0 Å². The molecule has 0 radical (unpaired) electrons. The first-order valence-corrected chi connectivity index (χ1v) is 10.2. The van der Waals surface area contributed by atoms with Gasteiger partial charge < -0.3 is 15.8 Å². The number of nitrogens with zero attached hydrogens (tertiary/aromatic N) is 1. The number of sulfonamides is 1. The van der Waals surface area contributed by atoms with E-state index in [0.717, 1.165) is 25.7 Å². The summed E-state index contributed by atoms with van der Waals surface area (Å²) < 4.78 is 32.6. The van der Waals surface area contributed by atoms with Crippen LogP contribution >= 0.6 is 12.4 Å². The summed E-state index contributed by atoms with van der Waals surface area (Å²) >= 11 is 0. The van der Waals surface area contributed by atoms with E-state index < -0.39 is 16.1 Å². The second kappa shape index (κ2) is 9.14. The maximum absolute atomic E-state index is 12.7. The van der Waals surface area contributed by atoms with Crippen molar-refractivity contribution < 1.29 is 17.9 Å². The molecule has 146 valence electrons. The molecule has 0 spiro atoms. The highest BCUT2D eigenvalue weighted by Crippen LogP contribution is 2.24. The molecule has 2 fully saturated rings. The molecule has 1 aromatic rings. The van der Waals surface area contributed by atoms with Gasteiger partial charge in [0.1, 0.15) is 6.10 Å². The third kappa shape index (κ3) is 4.75. The van der Waals surface area contributed by atoms with Gasteiger partial charge in [-0.3, -0.25) is 4.79 Å². The van der Waals surface area contributed by atoms with Crippen molar-refractivity contribution in [2.75, 3.05) is 25.0 Å². The molecule has 0 aromatic heterocycles. The second-order valence-electron chi connectivity index (χ2n) is 6.54. The molecule has 7 nitrogen and oxygen atoms in total. The van der Waals surface area contributed by atoms with Gasteiger partial charge in [0, 0.05) is 25.3 Å². The van der Waals surface area contributed by atoms with Crippen molar-refractivity contribution in [2.24, 2.45) is 5.73 Å². The van der Waals surface area contributed by atoms with Gasteiger partial charge >= 0.3 is 0 Å². The smallest absolute Gasteiger partial charge is 0.253 e. The number of hydrogen-bond acceptors (Lipinski definition) is 5. The van der Waals surface area contributed by atoms with Gasteiger partial charge in [0.15, 0.2) is 0 Å². The van der Waals surface area contributed by atoms with Gasteiger partial charge in [0.25, 0.3) is 5.91 Å². The summed E-state index contributed by atoms with van der Waals surface area (Å²) in [7, 11) is -3.52. The summed E-state index contributed by atoms with van der Waals surface area (Å²) in [6.07, 6.45) is 3.61. The fourth-order valence-corrected chi connectivity index (χ4v) is 4.85. The number of anilines is 1. The van der Waals surface area contributed by atoms with Gasteiger partial charge in [0.2, 0.25) is 10.0 Å². The zero-order valence-electron chi connectivity index (χ0n) is 14.6. The maximum atomic E-state index is 12.7. The first kappa shape index (κ1) is 21.1. The Labute approximate surface area is 160 Å². The van der Waals surface area contributed by atoms with E-state index >= 15 is 0 Å². The number of benzene rings is 1. The summed E-state index contributed by atoms with van der Waals surface area (Å²) in [5, 5.41) is 2.76. The van der Waals surface area contributed by atoms with Crippen molar-refractivity contribution >= 4 is 34.0 Å². The van der Waals surface area contributed by atoms with Crippen LogP contribution in [0.4, 0.5) is 5.69 Å². The van der Waals surface area contributed by atoms with Gasteiger partial charge in [-0.2, -0.15) is 4.31 Å². The minimum absolute atomic E-state index is 0. The Morgan fingerprint density at radius 1 is 1.23 bits per heavy atom. The molecular weight excluding hydrogens is 378 g/mol. The van der Waals surface area contributed by atoms with Crippen LogP contribution in [-0.2, 0) is 19.6 Å². The van der Waals surface area contributed by atoms with E-state index in [-0.39, 0.29) is 29.3 Å². The molecule has 2 atom stereocenters. The fraction of sp³-hybridized carbons (Fsp3) is 0.588. The second-order valence-corrected chi connectivity index (χ2v) is 8.48. The normalized spacial score (nSPS) is 24.0. The van der Waals surface area contributed by atoms with Crippen LogP contribution in [0.15, 0.2) is 29.2 Å². The predicted molar refractivity (Wildman–Crippen MR) is 102 cm³/mol. The number of rotatable bonds is 5. The van der Waals surface area contributed by atoms with E-state index in [1.807, 2.05) is 0 Å². The van der Waals surface area contributed by atoms with Crippen LogP contribution in [0.25, 0.3) is 0 Å². The first-order chi connectivity index (χ1) is 12.0. The number of ether oxygens (including phenoxy) is 1. The SMILES string of the molecule is Cl.NC[C@H]1CC[C@@H](C(=O)Nc2cccc(S(=O)(=O)N3CCCCC3)c2)O1. The van der Waals surface area contributed by atoms with Crippen LogP contribution < -0.4 is 11.1 Å². The molecule has 1 aromatic carbocycles. The van der Waals surface area contributed by atoms with Gasteiger partial charge in [-0.15, -0.1) is 12.4 Å². The highest BCUT2D eigenvalue weighted by atomic mass is 35.5. The number of piperidine rings is 1. The lowest BCUT2D eigenvalue weighted by Gasteiger charge is -2.26. The number of nitrogens with one attached hydrogen (secondary N) is 1. The monoisotopic (exact) mass is 403 g/mol. The van der Waals surface area contributed by atoms with Gasteiger partial charge in [-0.05, 0) is 43.9 Å². The van der Waals surface area contributed by atoms with Crippen LogP contribution in [-0.4, -0.2) is 50.5 Å². The number of carbonyl (C=O) groups is 1.